The fourth-order valence-corrected chi connectivity index (χ4v) is 4.86. The van der Waals surface area contributed by atoms with Crippen LogP contribution in [0.25, 0.3) is 0 Å². The Balaban J connectivity index is 1.87. The molecule has 3 N–H and O–H groups in total. The third-order valence-corrected chi connectivity index (χ3v) is 7.19. The number of para-hydroxylation sites is 1. The third kappa shape index (κ3) is 6.27. The molecule has 3 rings (SSSR count). The predicted octanol–water partition coefficient (Wildman–Crippen LogP) is 5.05. The summed E-state index contributed by atoms with van der Waals surface area (Å²) in [7, 11) is -3.94. The molecule has 0 unspecified atom stereocenters. The number of carbonyl (C=O) groups is 2. The summed E-state index contributed by atoms with van der Waals surface area (Å²) in [5.41, 5.74) is 3.62. The molecule has 0 saturated heterocycles. The van der Waals surface area contributed by atoms with Crippen molar-refractivity contribution in [3.05, 3.63) is 88.5 Å². The monoisotopic (exact) mass is 493 g/mol. The van der Waals surface area contributed by atoms with Crippen LogP contribution < -0.4 is 15.4 Å². The fraction of sp³-hybridized carbons (Fsp3) is 0.259. The largest absolute Gasteiger partial charge is 0.352 e. The van der Waals surface area contributed by atoms with Gasteiger partial charge in [0, 0.05) is 12.1 Å². The maximum Gasteiger partial charge on any atom is 0.262 e. The Morgan fingerprint density at radius 1 is 0.829 bits per heavy atom. The van der Waals surface area contributed by atoms with Gasteiger partial charge in [0.2, 0.25) is 0 Å². The van der Waals surface area contributed by atoms with Crippen molar-refractivity contribution in [2.75, 3.05) is 16.6 Å². The fourth-order valence-electron chi connectivity index (χ4n) is 3.47. The van der Waals surface area contributed by atoms with Gasteiger partial charge in [-0.15, -0.1) is 0 Å². The van der Waals surface area contributed by atoms with Crippen LogP contribution in [0, 0.1) is 26.7 Å². The molecule has 2 amide bonds. The minimum absolute atomic E-state index is 0.00835. The molecular weight excluding hydrogens is 462 g/mol. The number of hydrogen-bond donors (Lipinski definition) is 3. The Hall–Kier alpha value is -3.65. The second kappa shape index (κ2) is 10.7. The van der Waals surface area contributed by atoms with Gasteiger partial charge in [-0.2, -0.15) is 0 Å². The zero-order valence-electron chi connectivity index (χ0n) is 20.6. The van der Waals surface area contributed by atoms with Crippen LogP contribution in [-0.4, -0.2) is 26.8 Å². The highest BCUT2D eigenvalue weighted by atomic mass is 32.2. The topological polar surface area (TPSA) is 104 Å². The number of amides is 2. The first-order valence-electron chi connectivity index (χ1n) is 11.4. The molecule has 0 fully saturated rings. The smallest absolute Gasteiger partial charge is 0.262 e. The van der Waals surface area contributed by atoms with E-state index in [1.807, 2.05) is 33.8 Å². The van der Waals surface area contributed by atoms with Crippen LogP contribution in [0.1, 0.15) is 51.3 Å². The molecular formula is C27H31N3O4S. The van der Waals surface area contributed by atoms with Gasteiger partial charge >= 0.3 is 0 Å². The van der Waals surface area contributed by atoms with Crippen molar-refractivity contribution in [1.82, 2.24) is 5.32 Å². The molecule has 0 atom stereocenters. The molecule has 0 aliphatic carbocycles. The van der Waals surface area contributed by atoms with E-state index in [1.54, 1.807) is 55.5 Å². The molecule has 0 heterocycles. The van der Waals surface area contributed by atoms with Gasteiger partial charge in [-0.05, 0) is 73.7 Å². The molecule has 0 bridgehead atoms. The lowest BCUT2D eigenvalue weighted by atomic mass is 10.1. The number of sulfonamides is 1. The number of nitrogens with one attached hydrogen (secondary N) is 3. The highest BCUT2D eigenvalue weighted by Crippen LogP contribution is 2.25. The summed E-state index contributed by atoms with van der Waals surface area (Å²) in [4.78, 5) is 25.6. The van der Waals surface area contributed by atoms with Gasteiger partial charge in [0.05, 0.1) is 21.8 Å². The molecule has 0 aromatic heterocycles. The molecule has 7 nitrogen and oxygen atoms in total. The number of anilines is 2. The summed E-state index contributed by atoms with van der Waals surface area (Å²) in [6, 6.07) is 16.6. The summed E-state index contributed by atoms with van der Waals surface area (Å²) >= 11 is 0. The van der Waals surface area contributed by atoms with Crippen LogP contribution in [0.2, 0.25) is 0 Å². The van der Waals surface area contributed by atoms with E-state index in [9.17, 15) is 18.0 Å². The van der Waals surface area contributed by atoms with Crippen molar-refractivity contribution >= 4 is 33.2 Å². The van der Waals surface area contributed by atoms with Crippen LogP contribution in [0.4, 0.5) is 11.4 Å². The lowest BCUT2D eigenvalue weighted by molar-refractivity contribution is 0.0950. The first-order valence-corrected chi connectivity index (χ1v) is 12.9. The Bertz CT molecular complexity index is 1360. The van der Waals surface area contributed by atoms with Gasteiger partial charge in [-0.3, -0.25) is 14.3 Å². The Kier molecular flexibility index (Phi) is 7.96. The maximum absolute atomic E-state index is 13.2. The molecule has 0 spiro atoms. The number of aryl methyl sites for hydroxylation is 2. The van der Waals surface area contributed by atoms with Crippen molar-refractivity contribution in [2.24, 2.45) is 5.92 Å². The molecule has 0 aliphatic heterocycles. The summed E-state index contributed by atoms with van der Waals surface area (Å²) in [6.45, 7) is 9.92. The second-order valence-corrected chi connectivity index (χ2v) is 10.6. The number of benzene rings is 3. The number of carbonyl (C=O) groups excluding carboxylic acids is 2. The zero-order chi connectivity index (χ0) is 25.8. The highest BCUT2D eigenvalue weighted by Gasteiger charge is 2.21. The normalized spacial score (nSPS) is 11.3. The minimum atomic E-state index is -3.94. The van der Waals surface area contributed by atoms with Crippen molar-refractivity contribution in [2.45, 2.75) is 39.5 Å². The lowest BCUT2D eigenvalue weighted by Gasteiger charge is -2.15. The molecule has 0 aliphatic rings. The maximum atomic E-state index is 13.2. The van der Waals surface area contributed by atoms with Gasteiger partial charge in [-0.1, -0.05) is 44.2 Å². The van der Waals surface area contributed by atoms with E-state index in [4.69, 9.17) is 0 Å². The molecule has 0 radical (unpaired) electrons. The predicted molar refractivity (Wildman–Crippen MR) is 139 cm³/mol. The van der Waals surface area contributed by atoms with E-state index in [-0.39, 0.29) is 22.3 Å². The molecule has 3 aromatic carbocycles. The molecule has 184 valence electrons. The Labute approximate surface area is 207 Å². The van der Waals surface area contributed by atoms with Crippen LogP contribution in [0.5, 0.6) is 0 Å². The quantitative estimate of drug-likeness (QED) is 0.408. The van der Waals surface area contributed by atoms with Crippen molar-refractivity contribution in [3.8, 4) is 0 Å². The van der Waals surface area contributed by atoms with Crippen molar-refractivity contribution in [3.63, 3.8) is 0 Å². The summed E-state index contributed by atoms with van der Waals surface area (Å²) in [5, 5.41) is 5.59. The van der Waals surface area contributed by atoms with E-state index in [1.165, 1.54) is 6.07 Å². The van der Waals surface area contributed by atoms with Crippen LogP contribution in [0.15, 0.2) is 65.6 Å². The highest BCUT2D eigenvalue weighted by molar-refractivity contribution is 7.92. The van der Waals surface area contributed by atoms with Crippen LogP contribution >= 0.6 is 0 Å². The van der Waals surface area contributed by atoms with E-state index >= 15 is 0 Å². The van der Waals surface area contributed by atoms with E-state index in [0.717, 1.165) is 11.1 Å². The molecule has 35 heavy (non-hydrogen) atoms. The van der Waals surface area contributed by atoms with Gasteiger partial charge in [0.15, 0.2) is 0 Å². The zero-order valence-corrected chi connectivity index (χ0v) is 21.4. The number of rotatable bonds is 8. The van der Waals surface area contributed by atoms with Crippen LogP contribution in [0.3, 0.4) is 0 Å². The van der Waals surface area contributed by atoms with E-state index < -0.39 is 15.9 Å². The lowest BCUT2D eigenvalue weighted by Crippen LogP contribution is -2.28. The Morgan fingerprint density at radius 2 is 1.51 bits per heavy atom. The first-order chi connectivity index (χ1) is 16.5. The van der Waals surface area contributed by atoms with Gasteiger partial charge in [0.25, 0.3) is 21.8 Å². The summed E-state index contributed by atoms with van der Waals surface area (Å²) in [6.07, 6.45) is 0. The molecule has 8 heteroatoms. The standard InChI is InChI=1S/C27H31N3O4S/c1-17(2)16-28-27(32)22-10-6-7-11-24(22)29-26(31)21-14-13-19(4)25(15-21)35(33,34)30-23-12-8-9-18(3)20(23)5/h6-15,17,30H,16H2,1-5H3,(H,28,32)(H,29,31). The first kappa shape index (κ1) is 26.0. The molecule has 3 aromatic rings. The SMILES string of the molecule is Cc1ccc(C(=O)Nc2ccccc2C(=O)NCC(C)C)cc1S(=O)(=O)Nc1cccc(C)c1C. The number of hydrogen-bond acceptors (Lipinski definition) is 4. The van der Waals surface area contributed by atoms with Gasteiger partial charge in [-0.25, -0.2) is 8.42 Å². The average molecular weight is 494 g/mol. The summed E-state index contributed by atoms with van der Waals surface area (Å²) in [5.74, 6) is -0.525. The van der Waals surface area contributed by atoms with Crippen molar-refractivity contribution < 1.29 is 18.0 Å². The van der Waals surface area contributed by atoms with Gasteiger partial charge < -0.3 is 10.6 Å². The Morgan fingerprint density at radius 3 is 2.23 bits per heavy atom. The van der Waals surface area contributed by atoms with Crippen LogP contribution in [-0.2, 0) is 10.0 Å². The summed E-state index contributed by atoms with van der Waals surface area (Å²) < 4.78 is 29.0. The van der Waals surface area contributed by atoms with E-state index in [2.05, 4.69) is 15.4 Å². The molecule has 0 saturated carbocycles. The van der Waals surface area contributed by atoms with Crippen molar-refractivity contribution in [1.29, 1.82) is 0 Å². The van der Waals surface area contributed by atoms with E-state index in [0.29, 0.717) is 29.0 Å². The second-order valence-electron chi connectivity index (χ2n) is 8.94. The van der Waals surface area contributed by atoms with Gasteiger partial charge in [0.1, 0.15) is 0 Å². The average Bonchev–Trinajstić information content (AvgIpc) is 2.80. The minimum Gasteiger partial charge on any atom is -0.352 e. The third-order valence-electron chi connectivity index (χ3n) is 5.68.